The largest absolute Gasteiger partial charge is 0.353 e. The Hall–Kier alpha value is -3.44. The molecule has 0 spiro atoms. The van der Waals surface area contributed by atoms with Gasteiger partial charge in [-0.25, -0.2) is 14.8 Å². The Morgan fingerprint density at radius 3 is 2.72 bits per heavy atom. The van der Waals surface area contributed by atoms with E-state index in [9.17, 15) is 4.79 Å². The Kier molecular flexibility index (Phi) is 5.68. The minimum Gasteiger partial charge on any atom is -0.353 e. The van der Waals surface area contributed by atoms with Crippen LogP contribution >= 0.6 is 11.3 Å². The van der Waals surface area contributed by atoms with Gasteiger partial charge in [-0.3, -0.25) is 0 Å². The maximum atomic E-state index is 12.5. The second kappa shape index (κ2) is 8.71. The second-order valence-electron chi connectivity index (χ2n) is 6.64. The normalized spacial score (nSPS) is 13.8. The lowest BCUT2D eigenvalue weighted by atomic mass is 10.2. The first-order valence-corrected chi connectivity index (χ1v) is 10.2. The first kappa shape index (κ1) is 18.9. The first-order valence-electron chi connectivity index (χ1n) is 9.36. The van der Waals surface area contributed by atoms with Crippen LogP contribution in [0.5, 0.6) is 0 Å². The number of pyridine rings is 1. The van der Waals surface area contributed by atoms with Crippen LogP contribution in [0.2, 0.25) is 0 Å². The molecule has 0 atom stereocenters. The summed E-state index contributed by atoms with van der Waals surface area (Å²) >= 11 is 1.55. The van der Waals surface area contributed by atoms with E-state index in [2.05, 4.69) is 26.3 Å². The van der Waals surface area contributed by atoms with Crippen LogP contribution in [0.4, 0.5) is 10.6 Å². The van der Waals surface area contributed by atoms with E-state index in [1.807, 2.05) is 35.7 Å². The molecule has 1 saturated heterocycles. The predicted octanol–water partition coefficient (Wildman–Crippen LogP) is 3.11. The van der Waals surface area contributed by atoms with Crippen LogP contribution in [0.25, 0.3) is 11.3 Å². The third-order valence-corrected chi connectivity index (χ3v) is 5.63. The first-order chi connectivity index (χ1) is 14.2. The van der Waals surface area contributed by atoms with E-state index < -0.39 is 0 Å². The summed E-state index contributed by atoms with van der Waals surface area (Å²) < 4.78 is 0. The van der Waals surface area contributed by atoms with Crippen LogP contribution in [-0.4, -0.2) is 47.1 Å². The van der Waals surface area contributed by atoms with Gasteiger partial charge in [0.2, 0.25) is 0 Å². The number of hydrogen-bond donors (Lipinski definition) is 1. The number of thiazole rings is 1. The predicted molar refractivity (Wildman–Crippen MR) is 113 cm³/mol. The third kappa shape index (κ3) is 4.52. The van der Waals surface area contributed by atoms with Crippen LogP contribution in [0.3, 0.4) is 0 Å². The van der Waals surface area contributed by atoms with Crippen molar-refractivity contribution in [3.63, 3.8) is 0 Å². The number of anilines is 1. The summed E-state index contributed by atoms with van der Waals surface area (Å²) in [4.78, 5) is 25.3. The van der Waals surface area contributed by atoms with Gasteiger partial charge in [-0.15, -0.1) is 11.3 Å². The molecule has 1 N–H and O–H groups in total. The van der Waals surface area contributed by atoms with Gasteiger partial charge in [-0.05, 0) is 12.1 Å². The van der Waals surface area contributed by atoms with Crippen LogP contribution in [0.1, 0.15) is 10.6 Å². The quantitative estimate of drug-likeness (QED) is 0.722. The Bertz CT molecular complexity index is 1020. The molecule has 146 valence electrons. The number of benzene rings is 1. The van der Waals surface area contributed by atoms with Crippen molar-refractivity contribution in [1.82, 2.24) is 20.2 Å². The highest BCUT2D eigenvalue weighted by atomic mass is 32.1. The Morgan fingerprint density at radius 1 is 1.17 bits per heavy atom. The highest BCUT2D eigenvalue weighted by molar-refractivity contribution is 7.09. The Labute approximate surface area is 173 Å². The maximum absolute atomic E-state index is 12.5. The molecule has 1 aromatic carbocycles. The number of hydrogen-bond acceptors (Lipinski definition) is 6. The van der Waals surface area contributed by atoms with E-state index >= 15 is 0 Å². The molecule has 2 aromatic heterocycles. The zero-order valence-corrected chi connectivity index (χ0v) is 16.6. The van der Waals surface area contributed by atoms with E-state index in [0.717, 1.165) is 22.1 Å². The molecule has 0 saturated carbocycles. The number of amides is 2. The third-order valence-electron chi connectivity index (χ3n) is 4.78. The molecular weight excluding hydrogens is 384 g/mol. The smallest absolute Gasteiger partial charge is 0.317 e. The SMILES string of the molecule is N#Cc1ccnc(N2CCN(C(=O)NCc3nc(-c4ccccc4)cs3)CC2)c1. The van der Waals surface area contributed by atoms with Gasteiger partial charge in [0, 0.05) is 43.3 Å². The Morgan fingerprint density at radius 2 is 1.97 bits per heavy atom. The number of rotatable bonds is 4. The fourth-order valence-corrected chi connectivity index (χ4v) is 3.94. The average Bonchev–Trinajstić information content (AvgIpc) is 3.27. The van der Waals surface area contributed by atoms with Gasteiger partial charge >= 0.3 is 6.03 Å². The van der Waals surface area contributed by atoms with E-state index in [-0.39, 0.29) is 6.03 Å². The summed E-state index contributed by atoms with van der Waals surface area (Å²) in [6.45, 7) is 3.01. The summed E-state index contributed by atoms with van der Waals surface area (Å²) in [6, 6.07) is 15.5. The van der Waals surface area contributed by atoms with Gasteiger partial charge in [0.1, 0.15) is 10.8 Å². The van der Waals surface area contributed by atoms with Crippen molar-refractivity contribution in [2.75, 3.05) is 31.1 Å². The van der Waals surface area contributed by atoms with E-state index in [4.69, 9.17) is 5.26 Å². The zero-order chi connectivity index (χ0) is 20.1. The summed E-state index contributed by atoms with van der Waals surface area (Å²) in [7, 11) is 0. The van der Waals surface area contributed by atoms with Gasteiger partial charge in [-0.1, -0.05) is 30.3 Å². The summed E-state index contributed by atoms with van der Waals surface area (Å²) in [6.07, 6.45) is 1.64. The number of carbonyl (C=O) groups excluding carboxylic acids is 1. The van der Waals surface area contributed by atoms with Gasteiger partial charge in [0.25, 0.3) is 0 Å². The molecule has 0 unspecified atom stereocenters. The molecule has 2 amide bonds. The van der Waals surface area contributed by atoms with Crippen molar-refractivity contribution in [2.45, 2.75) is 6.54 Å². The van der Waals surface area contributed by atoms with E-state index in [0.29, 0.717) is 38.3 Å². The highest BCUT2D eigenvalue weighted by Crippen LogP contribution is 2.21. The Balaban J connectivity index is 1.28. The van der Waals surface area contributed by atoms with Crippen molar-refractivity contribution in [3.05, 3.63) is 64.6 Å². The van der Waals surface area contributed by atoms with Gasteiger partial charge in [0.05, 0.1) is 23.9 Å². The van der Waals surface area contributed by atoms with Crippen LogP contribution < -0.4 is 10.2 Å². The molecule has 4 rings (SSSR count). The number of carbonyl (C=O) groups is 1. The van der Waals surface area contributed by atoms with Gasteiger partial charge in [-0.2, -0.15) is 5.26 Å². The lowest BCUT2D eigenvalue weighted by molar-refractivity contribution is 0.194. The number of piperazine rings is 1. The molecule has 1 fully saturated rings. The fourth-order valence-electron chi connectivity index (χ4n) is 3.20. The van der Waals surface area contributed by atoms with Gasteiger partial charge in [0.15, 0.2) is 0 Å². The molecule has 3 aromatic rings. The minimum atomic E-state index is -0.0835. The lowest BCUT2D eigenvalue weighted by Gasteiger charge is -2.35. The van der Waals surface area contributed by atoms with Crippen molar-refractivity contribution in [2.24, 2.45) is 0 Å². The van der Waals surface area contributed by atoms with E-state index in [1.54, 1.807) is 34.6 Å². The molecule has 3 heterocycles. The monoisotopic (exact) mass is 404 g/mol. The van der Waals surface area contributed by atoms with Crippen molar-refractivity contribution >= 4 is 23.2 Å². The number of aromatic nitrogens is 2. The molecule has 8 heteroatoms. The summed E-state index contributed by atoms with van der Waals surface area (Å²) in [5.74, 6) is 0.778. The molecule has 0 radical (unpaired) electrons. The maximum Gasteiger partial charge on any atom is 0.317 e. The molecule has 29 heavy (non-hydrogen) atoms. The molecule has 0 bridgehead atoms. The zero-order valence-electron chi connectivity index (χ0n) is 15.8. The molecule has 1 aliphatic rings. The van der Waals surface area contributed by atoms with Gasteiger partial charge < -0.3 is 15.1 Å². The van der Waals surface area contributed by atoms with Crippen molar-refractivity contribution in [1.29, 1.82) is 5.26 Å². The topological polar surface area (TPSA) is 85.2 Å². The number of nitrogens with one attached hydrogen (secondary N) is 1. The number of nitriles is 1. The molecule has 0 aliphatic carbocycles. The fraction of sp³-hybridized carbons (Fsp3) is 0.238. The van der Waals surface area contributed by atoms with Crippen LogP contribution in [0.15, 0.2) is 54.0 Å². The van der Waals surface area contributed by atoms with Crippen LogP contribution in [0, 0.1) is 11.3 Å². The molecule has 7 nitrogen and oxygen atoms in total. The molecule has 1 aliphatic heterocycles. The molecular formula is C21H20N6OS. The van der Waals surface area contributed by atoms with Crippen LogP contribution in [-0.2, 0) is 6.54 Å². The minimum absolute atomic E-state index is 0.0835. The van der Waals surface area contributed by atoms with Crippen molar-refractivity contribution in [3.8, 4) is 17.3 Å². The highest BCUT2D eigenvalue weighted by Gasteiger charge is 2.22. The summed E-state index contributed by atoms with van der Waals surface area (Å²) in [5, 5.41) is 14.9. The summed E-state index contributed by atoms with van der Waals surface area (Å²) in [5.41, 5.74) is 2.60. The number of nitrogens with zero attached hydrogens (tertiary/aromatic N) is 5. The number of urea groups is 1. The second-order valence-corrected chi connectivity index (χ2v) is 7.58. The lowest BCUT2D eigenvalue weighted by Crippen LogP contribution is -2.51. The van der Waals surface area contributed by atoms with E-state index in [1.165, 1.54) is 0 Å². The average molecular weight is 404 g/mol. The van der Waals surface area contributed by atoms with Crippen molar-refractivity contribution < 1.29 is 4.79 Å². The standard InChI is InChI=1S/C21H20N6OS/c22-13-16-6-7-23-19(12-16)26-8-10-27(11-9-26)21(28)24-14-20-25-18(15-29-20)17-4-2-1-3-5-17/h1-7,12,15H,8-11,14H2,(H,24,28).